The summed E-state index contributed by atoms with van der Waals surface area (Å²) in [4.78, 5) is 14.5. The number of rotatable bonds is 4. The number of piperidine rings is 1. The maximum absolute atomic E-state index is 12.3. The third kappa shape index (κ3) is 3.64. The molecule has 0 bridgehead atoms. The molecule has 0 saturated carbocycles. The molecule has 1 aliphatic rings. The summed E-state index contributed by atoms with van der Waals surface area (Å²) in [6, 6.07) is 5.95. The Kier molecular flexibility index (Phi) is 4.72. The molecule has 1 unspecified atom stereocenters. The molecule has 0 amide bonds. The molecule has 0 N–H and O–H groups in total. The maximum atomic E-state index is 12.3. The highest BCUT2D eigenvalue weighted by molar-refractivity contribution is 5.97. The van der Waals surface area contributed by atoms with Gasteiger partial charge >= 0.3 is 0 Å². The number of ketones is 1. The van der Waals surface area contributed by atoms with Crippen molar-refractivity contribution in [2.45, 2.75) is 32.8 Å². The highest BCUT2D eigenvalue weighted by atomic mass is 16.5. The number of aryl methyl sites for hydroxylation is 2. The Labute approximate surface area is 115 Å². The first-order valence-electron chi connectivity index (χ1n) is 6.95. The Hall–Kier alpha value is -1.19. The van der Waals surface area contributed by atoms with Crippen molar-refractivity contribution in [3.63, 3.8) is 0 Å². The minimum atomic E-state index is 0.208. The molecule has 0 spiro atoms. The van der Waals surface area contributed by atoms with E-state index >= 15 is 0 Å². The fourth-order valence-corrected chi connectivity index (χ4v) is 2.56. The number of methoxy groups -OCH3 is 1. The summed E-state index contributed by atoms with van der Waals surface area (Å²) in [5.41, 5.74) is 3.23. The monoisotopic (exact) mass is 261 g/mol. The number of likely N-dealkylation sites (tertiary alicyclic amines) is 1. The molecule has 3 nitrogen and oxygen atoms in total. The predicted octanol–water partition coefficient (Wildman–Crippen LogP) is 2.60. The average molecular weight is 261 g/mol. The van der Waals surface area contributed by atoms with Crippen LogP contribution in [0.4, 0.5) is 0 Å². The molecular formula is C16H23NO2. The Morgan fingerprint density at radius 1 is 1.37 bits per heavy atom. The number of Topliss-reactive ketones (excluding diaryl/α,β-unsaturated/α-hetero) is 1. The number of nitrogens with zero attached hydrogens (tertiary/aromatic N) is 1. The first-order valence-corrected chi connectivity index (χ1v) is 6.95. The Balaban J connectivity index is 1.98. The standard InChI is InChI=1S/C16H23NO2/c1-12-6-7-14(9-13(12)2)16(18)11-17-8-4-5-15(10-17)19-3/h6-7,9,15H,4-5,8,10-11H2,1-3H3. The third-order valence-electron chi connectivity index (χ3n) is 3.99. The van der Waals surface area contributed by atoms with Crippen LogP contribution in [0.2, 0.25) is 0 Å². The minimum Gasteiger partial charge on any atom is -0.380 e. The van der Waals surface area contributed by atoms with E-state index in [2.05, 4.69) is 11.8 Å². The lowest BCUT2D eigenvalue weighted by Gasteiger charge is -2.31. The summed E-state index contributed by atoms with van der Waals surface area (Å²) >= 11 is 0. The zero-order valence-electron chi connectivity index (χ0n) is 12.1. The van der Waals surface area contributed by atoms with Crippen LogP contribution in [0.1, 0.15) is 34.3 Å². The molecule has 0 aliphatic carbocycles. The van der Waals surface area contributed by atoms with Crippen LogP contribution < -0.4 is 0 Å². The van der Waals surface area contributed by atoms with Gasteiger partial charge in [0.1, 0.15) is 0 Å². The fourth-order valence-electron chi connectivity index (χ4n) is 2.56. The van der Waals surface area contributed by atoms with Crippen molar-refractivity contribution in [2.24, 2.45) is 0 Å². The van der Waals surface area contributed by atoms with E-state index in [9.17, 15) is 4.79 Å². The van der Waals surface area contributed by atoms with Gasteiger partial charge in [-0.25, -0.2) is 0 Å². The Morgan fingerprint density at radius 2 is 2.16 bits per heavy atom. The van der Waals surface area contributed by atoms with Gasteiger partial charge < -0.3 is 4.74 Å². The Morgan fingerprint density at radius 3 is 2.84 bits per heavy atom. The van der Waals surface area contributed by atoms with E-state index in [4.69, 9.17) is 4.74 Å². The number of benzene rings is 1. The van der Waals surface area contributed by atoms with Gasteiger partial charge in [0.25, 0.3) is 0 Å². The second-order valence-electron chi connectivity index (χ2n) is 5.46. The molecule has 1 aromatic carbocycles. The summed E-state index contributed by atoms with van der Waals surface area (Å²) in [7, 11) is 1.75. The summed E-state index contributed by atoms with van der Waals surface area (Å²) in [6.45, 7) is 6.48. The lowest BCUT2D eigenvalue weighted by Crippen LogP contribution is -2.41. The number of ether oxygens (including phenoxy) is 1. The van der Waals surface area contributed by atoms with Crippen LogP contribution in [0.25, 0.3) is 0 Å². The lowest BCUT2D eigenvalue weighted by atomic mass is 10.0. The molecule has 1 aliphatic heterocycles. The molecule has 1 aromatic rings. The van der Waals surface area contributed by atoms with E-state index < -0.39 is 0 Å². The molecule has 3 heteroatoms. The number of carbonyl (C=O) groups excluding carboxylic acids is 1. The molecule has 104 valence electrons. The van der Waals surface area contributed by atoms with E-state index in [0.717, 1.165) is 31.5 Å². The second kappa shape index (κ2) is 6.31. The zero-order valence-corrected chi connectivity index (χ0v) is 12.1. The molecule has 0 aromatic heterocycles. The van der Waals surface area contributed by atoms with Crippen LogP contribution in [0.5, 0.6) is 0 Å². The largest absolute Gasteiger partial charge is 0.380 e. The molecular weight excluding hydrogens is 238 g/mol. The second-order valence-corrected chi connectivity index (χ2v) is 5.46. The quantitative estimate of drug-likeness (QED) is 0.780. The van der Waals surface area contributed by atoms with Crippen molar-refractivity contribution < 1.29 is 9.53 Å². The van der Waals surface area contributed by atoms with Gasteiger partial charge in [0.2, 0.25) is 0 Å². The summed E-state index contributed by atoms with van der Waals surface area (Å²) < 4.78 is 5.39. The van der Waals surface area contributed by atoms with Crippen LogP contribution in [-0.4, -0.2) is 43.5 Å². The third-order valence-corrected chi connectivity index (χ3v) is 3.99. The van der Waals surface area contributed by atoms with Crippen LogP contribution in [0.3, 0.4) is 0 Å². The predicted molar refractivity (Wildman–Crippen MR) is 76.7 cm³/mol. The first kappa shape index (κ1) is 14.2. The van der Waals surface area contributed by atoms with E-state index in [0.29, 0.717) is 6.54 Å². The summed E-state index contributed by atoms with van der Waals surface area (Å²) in [6.07, 6.45) is 2.49. The van der Waals surface area contributed by atoms with Crippen molar-refractivity contribution in [3.8, 4) is 0 Å². The highest BCUT2D eigenvalue weighted by Gasteiger charge is 2.21. The van der Waals surface area contributed by atoms with Crippen LogP contribution in [0, 0.1) is 13.8 Å². The fraction of sp³-hybridized carbons (Fsp3) is 0.562. The summed E-state index contributed by atoms with van der Waals surface area (Å²) in [5.74, 6) is 0.208. The molecule has 1 saturated heterocycles. The topological polar surface area (TPSA) is 29.5 Å². The molecule has 1 fully saturated rings. The molecule has 1 heterocycles. The molecule has 0 radical (unpaired) electrons. The highest BCUT2D eigenvalue weighted by Crippen LogP contribution is 2.15. The van der Waals surface area contributed by atoms with Gasteiger partial charge in [-0.05, 0) is 50.4 Å². The van der Waals surface area contributed by atoms with Gasteiger partial charge in [-0.3, -0.25) is 9.69 Å². The van der Waals surface area contributed by atoms with Crippen LogP contribution in [0.15, 0.2) is 18.2 Å². The van der Waals surface area contributed by atoms with Gasteiger partial charge in [0.05, 0.1) is 12.6 Å². The minimum absolute atomic E-state index is 0.208. The van der Waals surface area contributed by atoms with Crippen molar-refractivity contribution in [2.75, 3.05) is 26.7 Å². The van der Waals surface area contributed by atoms with Crippen LogP contribution >= 0.6 is 0 Å². The van der Waals surface area contributed by atoms with E-state index in [-0.39, 0.29) is 11.9 Å². The molecule has 1 atom stereocenters. The number of carbonyl (C=O) groups is 1. The average Bonchev–Trinajstić information content (AvgIpc) is 2.42. The van der Waals surface area contributed by atoms with Gasteiger partial charge in [-0.15, -0.1) is 0 Å². The van der Waals surface area contributed by atoms with Crippen molar-refractivity contribution in [1.82, 2.24) is 4.90 Å². The van der Waals surface area contributed by atoms with Gasteiger partial charge in [0, 0.05) is 19.2 Å². The SMILES string of the molecule is COC1CCCN(CC(=O)c2ccc(C)c(C)c2)C1. The zero-order chi connectivity index (χ0) is 13.8. The van der Waals surface area contributed by atoms with Gasteiger partial charge in [-0.2, -0.15) is 0 Å². The first-order chi connectivity index (χ1) is 9.10. The number of hydrogen-bond donors (Lipinski definition) is 0. The van der Waals surface area contributed by atoms with E-state index in [1.807, 2.05) is 25.1 Å². The van der Waals surface area contributed by atoms with Gasteiger partial charge in [0.15, 0.2) is 5.78 Å². The summed E-state index contributed by atoms with van der Waals surface area (Å²) in [5, 5.41) is 0. The van der Waals surface area contributed by atoms with Crippen molar-refractivity contribution >= 4 is 5.78 Å². The normalized spacial score (nSPS) is 20.5. The number of hydrogen-bond acceptors (Lipinski definition) is 3. The Bertz CT molecular complexity index is 456. The smallest absolute Gasteiger partial charge is 0.176 e. The maximum Gasteiger partial charge on any atom is 0.176 e. The lowest BCUT2D eigenvalue weighted by molar-refractivity contribution is 0.0314. The van der Waals surface area contributed by atoms with Crippen molar-refractivity contribution in [3.05, 3.63) is 34.9 Å². The van der Waals surface area contributed by atoms with E-state index in [1.54, 1.807) is 7.11 Å². The van der Waals surface area contributed by atoms with Crippen LogP contribution in [-0.2, 0) is 4.74 Å². The molecule has 2 rings (SSSR count). The van der Waals surface area contributed by atoms with Crippen molar-refractivity contribution in [1.29, 1.82) is 0 Å². The van der Waals surface area contributed by atoms with E-state index in [1.165, 1.54) is 11.1 Å². The molecule has 19 heavy (non-hydrogen) atoms. The van der Waals surface area contributed by atoms with Gasteiger partial charge in [-0.1, -0.05) is 12.1 Å².